The van der Waals surface area contributed by atoms with E-state index in [1.807, 2.05) is 0 Å². The Bertz CT molecular complexity index is 461. The second-order valence-electron chi connectivity index (χ2n) is 3.58. The van der Waals surface area contributed by atoms with Gasteiger partial charge < -0.3 is 9.84 Å². The summed E-state index contributed by atoms with van der Waals surface area (Å²) in [6.07, 6.45) is -0.229. The average Bonchev–Trinajstić information content (AvgIpc) is 2.27. The Kier molecular flexibility index (Phi) is 5.27. The summed E-state index contributed by atoms with van der Waals surface area (Å²) in [7, 11) is 0. The van der Waals surface area contributed by atoms with E-state index in [4.69, 9.17) is 5.11 Å². The summed E-state index contributed by atoms with van der Waals surface area (Å²) in [6, 6.07) is 4.25. The van der Waals surface area contributed by atoms with Gasteiger partial charge in [0.2, 0.25) is 0 Å². The van der Waals surface area contributed by atoms with Gasteiger partial charge in [-0.3, -0.25) is 9.59 Å². The van der Waals surface area contributed by atoms with Crippen molar-refractivity contribution in [1.82, 2.24) is 0 Å². The third-order valence-corrected chi connectivity index (χ3v) is 2.80. The summed E-state index contributed by atoms with van der Waals surface area (Å²) < 4.78 is 18.7. The monoisotopic (exact) mass is 318 g/mol. The number of rotatable bonds is 5. The Morgan fingerprint density at radius 1 is 1.50 bits per heavy atom. The second-order valence-corrected chi connectivity index (χ2v) is 4.50. The zero-order valence-corrected chi connectivity index (χ0v) is 11.2. The minimum Gasteiger partial charge on any atom is -0.481 e. The van der Waals surface area contributed by atoms with Crippen LogP contribution in [0, 0.1) is 11.7 Å². The van der Waals surface area contributed by atoms with Crippen LogP contribution in [0.25, 0.3) is 0 Å². The van der Waals surface area contributed by atoms with Crippen LogP contribution in [0.2, 0.25) is 0 Å². The van der Waals surface area contributed by atoms with Gasteiger partial charge >= 0.3 is 11.9 Å². The topological polar surface area (TPSA) is 63.6 Å². The zero-order chi connectivity index (χ0) is 13.7. The van der Waals surface area contributed by atoms with Crippen molar-refractivity contribution in [3.8, 4) is 0 Å². The van der Waals surface area contributed by atoms with E-state index in [-0.39, 0.29) is 18.6 Å². The van der Waals surface area contributed by atoms with Crippen LogP contribution in [0.1, 0.15) is 12.5 Å². The Balaban J connectivity index is 2.90. The fraction of sp³-hybridized carbons (Fsp3) is 0.333. The quantitative estimate of drug-likeness (QED) is 0.669. The van der Waals surface area contributed by atoms with Gasteiger partial charge in [0.05, 0.1) is 6.61 Å². The molecule has 0 saturated carbocycles. The van der Waals surface area contributed by atoms with Gasteiger partial charge in [-0.1, -0.05) is 22.0 Å². The lowest BCUT2D eigenvalue weighted by Crippen LogP contribution is -2.28. The lowest BCUT2D eigenvalue weighted by Gasteiger charge is -2.11. The van der Waals surface area contributed by atoms with Gasteiger partial charge in [-0.25, -0.2) is 4.39 Å². The fourth-order valence-corrected chi connectivity index (χ4v) is 1.75. The largest absolute Gasteiger partial charge is 0.481 e. The molecule has 1 unspecified atom stereocenters. The Hall–Kier alpha value is -1.43. The van der Waals surface area contributed by atoms with Gasteiger partial charge in [0.1, 0.15) is 5.82 Å². The van der Waals surface area contributed by atoms with Crippen molar-refractivity contribution in [3.63, 3.8) is 0 Å². The number of ether oxygens (including phenoxy) is 1. The third kappa shape index (κ3) is 3.80. The third-order valence-electron chi connectivity index (χ3n) is 2.31. The molecule has 0 amide bonds. The highest BCUT2D eigenvalue weighted by Crippen LogP contribution is 2.19. The second kappa shape index (κ2) is 6.49. The van der Waals surface area contributed by atoms with Crippen molar-refractivity contribution in [2.24, 2.45) is 5.92 Å². The van der Waals surface area contributed by atoms with Gasteiger partial charge in [-0.2, -0.15) is 0 Å². The van der Waals surface area contributed by atoms with E-state index in [1.54, 1.807) is 13.0 Å². The smallest absolute Gasteiger partial charge is 0.320 e. The number of benzene rings is 1. The number of hydrogen-bond donors (Lipinski definition) is 1. The molecule has 6 heteroatoms. The molecular formula is C12H12BrFO4. The number of carboxylic acids is 1. The number of esters is 1. The minimum atomic E-state index is -1.39. The molecule has 0 aliphatic carbocycles. The molecule has 1 aromatic rings. The normalized spacial score (nSPS) is 11.9. The van der Waals surface area contributed by atoms with E-state index in [0.29, 0.717) is 4.47 Å². The van der Waals surface area contributed by atoms with Crippen LogP contribution < -0.4 is 0 Å². The summed E-state index contributed by atoms with van der Waals surface area (Å²) in [6.45, 7) is 1.67. The van der Waals surface area contributed by atoms with E-state index < -0.39 is 23.7 Å². The molecule has 0 aromatic heterocycles. The van der Waals surface area contributed by atoms with Crippen LogP contribution in [0.4, 0.5) is 4.39 Å². The van der Waals surface area contributed by atoms with E-state index in [0.717, 1.165) is 0 Å². The molecule has 18 heavy (non-hydrogen) atoms. The maximum atomic E-state index is 13.5. The van der Waals surface area contributed by atoms with Crippen molar-refractivity contribution < 1.29 is 23.8 Å². The molecule has 1 N–H and O–H groups in total. The molecule has 98 valence electrons. The summed E-state index contributed by atoms with van der Waals surface area (Å²) in [5.41, 5.74) is 0.165. The molecule has 0 aliphatic heterocycles. The molecule has 0 radical (unpaired) electrons. The van der Waals surface area contributed by atoms with Crippen LogP contribution in [-0.2, 0) is 20.7 Å². The Labute approximate surface area is 112 Å². The van der Waals surface area contributed by atoms with Crippen molar-refractivity contribution in [3.05, 3.63) is 34.1 Å². The Morgan fingerprint density at radius 3 is 2.67 bits per heavy atom. The number of carbonyl (C=O) groups excluding carboxylic acids is 1. The van der Waals surface area contributed by atoms with Crippen molar-refractivity contribution in [1.29, 1.82) is 0 Å². The van der Waals surface area contributed by atoms with E-state index in [2.05, 4.69) is 20.7 Å². The van der Waals surface area contributed by atoms with E-state index in [1.165, 1.54) is 12.1 Å². The molecule has 4 nitrogen and oxygen atoms in total. The zero-order valence-electron chi connectivity index (χ0n) is 9.65. The standard InChI is InChI=1S/C12H12BrFO4/c1-2-18-12(17)9(11(15)16)5-7-3-4-8(13)6-10(7)14/h3-4,6,9H,2,5H2,1H3,(H,15,16). The summed E-state index contributed by atoms with van der Waals surface area (Å²) in [4.78, 5) is 22.4. The summed E-state index contributed by atoms with van der Waals surface area (Å²) in [5.74, 6) is -4.12. The van der Waals surface area contributed by atoms with Crippen molar-refractivity contribution in [2.45, 2.75) is 13.3 Å². The highest BCUT2D eigenvalue weighted by Gasteiger charge is 2.28. The number of halogens is 2. The molecule has 0 heterocycles. The lowest BCUT2D eigenvalue weighted by atomic mass is 9.99. The van der Waals surface area contributed by atoms with E-state index in [9.17, 15) is 14.0 Å². The molecule has 1 aromatic carbocycles. The van der Waals surface area contributed by atoms with Crippen LogP contribution in [0.5, 0.6) is 0 Å². The first kappa shape index (κ1) is 14.6. The lowest BCUT2D eigenvalue weighted by molar-refractivity contribution is -0.158. The molecule has 0 bridgehead atoms. The van der Waals surface area contributed by atoms with Crippen molar-refractivity contribution >= 4 is 27.9 Å². The highest BCUT2D eigenvalue weighted by atomic mass is 79.9. The molecule has 0 fully saturated rings. The Morgan fingerprint density at radius 2 is 2.17 bits per heavy atom. The van der Waals surface area contributed by atoms with E-state index >= 15 is 0 Å². The van der Waals surface area contributed by atoms with Gasteiger partial charge in [0.25, 0.3) is 0 Å². The van der Waals surface area contributed by atoms with Crippen LogP contribution >= 0.6 is 15.9 Å². The first-order valence-electron chi connectivity index (χ1n) is 5.29. The number of carboxylic acid groups (broad SMARTS) is 1. The maximum absolute atomic E-state index is 13.5. The summed E-state index contributed by atoms with van der Waals surface area (Å²) in [5, 5.41) is 8.94. The molecule has 0 aliphatic rings. The van der Waals surface area contributed by atoms with Gasteiger partial charge in [0.15, 0.2) is 5.92 Å². The molecule has 0 spiro atoms. The van der Waals surface area contributed by atoms with Gasteiger partial charge in [-0.15, -0.1) is 0 Å². The fourth-order valence-electron chi connectivity index (χ4n) is 1.42. The molecule has 0 saturated heterocycles. The SMILES string of the molecule is CCOC(=O)C(Cc1ccc(Br)cc1F)C(=O)O. The maximum Gasteiger partial charge on any atom is 0.320 e. The average molecular weight is 319 g/mol. The molecule has 1 rings (SSSR count). The van der Waals surface area contributed by atoms with Gasteiger partial charge in [0, 0.05) is 4.47 Å². The molecule has 1 atom stereocenters. The van der Waals surface area contributed by atoms with Crippen LogP contribution in [-0.4, -0.2) is 23.7 Å². The number of hydrogen-bond acceptors (Lipinski definition) is 3. The predicted octanol–water partition coefficient (Wildman–Crippen LogP) is 2.39. The number of aliphatic carboxylic acids is 1. The molecular weight excluding hydrogens is 307 g/mol. The number of carbonyl (C=O) groups is 2. The van der Waals surface area contributed by atoms with Crippen molar-refractivity contribution in [2.75, 3.05) is 6.61 Å². The van der Waals surface area contributed by atoms with Crippen LogP contribution in [0.3, 0.4) is 0 Å². The highest BCUT2D eigenvalue weighted by molar-refractivity contribution is 9.10. The predicted molar refractivity (Wildman–Crippen MR) is 65.6 cm³/mol. The van der Waals surface area contributed by atoms with Gasteiger partial charge in [-0.05, 0) is 31.0 Å². The summed E-state index contributed by atoms with van der Waals surface area (Å²) >= 11 is 3.10. The first-order valence-corrected chi connectivity index (χ1v) is 6.08. The first-order chi connectivity index (χ1) is 8.45. The van der Waals surface area contributed by atoms with Crippen LogP contribution in [0.15, 0.2) is 22.7 Å². The minimum absolute atomic E-state index is 0.0887.